The standard InChI is InChI=1S/C21H23ClN4O4S/c1-25-17-3-2-13(8-14(17)12-31(25,29)30)15-9-23-10-16(22)19(15)26-6-4-21(5-7-26)18(27)11-24-20(21)28/h2-3,8-10,18,27H,4-7,11-12H2,1H3,(H,24,28). The molecule has 10 heteroatoms. The molecular weight excluding hydrogens is 440 g/mol. The Morgan fingerprint density at radius 1 is 1.26 bits per heavy atom. The summed E-state index contributed by atoms with van der Waals surface area (Å²) in [5.74, 6) is -0.112. The normalized spacial score (nSPS) is 23.8. The highest BCUT2D eigenvalue weighted by atomic mass is 35.5. The molecule has 1 unspecified atom stereocenters. The van der Waals surface area contributed by atoms with E-state index in [1.165, 1.54) is 4.31 Å². The van der Waals surface area contributed by atoms with Crippen LogP contribution in [-0.2, 0) is 20.6 Å². The van der Waals surface area contributed by atoms with E-state index in [2.05, 4.69) is 15.2 Å². The number of hydrogen-bond acceptors (Lipinski definition) is 6. The van der Waals surface area contributed by atoms with Crippen LogP contribution in [0, 0.1) is 5.41 Å². The minimum atomic E-state index is -3.33. The van der Waals surface area contributed by atoms with E-state index in [-0.39, 0.29) is 11.7 Å². The number of carbonyl (C=O) groups is 1. The number of benzene rings is 1. The van der Waals surface area contributed by atoms with Crippen LogP contribution >= 0.6 is 11.6 Å². The maximum Gasteiger partial charge on any atom is 0.239 e. The second-order valence-corrected chi connectivity index (χ2v) is 10.9. The number of amides is 1. The van der Waals surface area contributed by atoms with Gasteiger partial charge in [0.05, 0.1) is 33.7 Å². The van der Waals surface area contributed by atoms with Crippen molar-refractivity contribution < 1.29 is 18.3 Å². The van der Waals surface area contributed by atoms with Gasteiger partial charge >= 0.3 is 0 Å². The Bertz CT molecular complexity index is 1180. The van der Waals surface area contributed by atoms with Crippen LogP contribution in [0.3, 0.4) is 0 Å². The summed E-state index contributed by atoms with van der Waals surface area (Å²) in [4.78, 5) is 18.7. The van der Waals surface area contributed by atoms with Gasteiger partial charge in [-0.25, -0.2) is 8.42 Å². The number of nitrogens with one attached hydrogen (secondary N) is 1. The number of β-amino-alcohol motifs (C(OH)–C–C–N with tert-alkyl or cyclic N) is 1. The lowest BCUT2D eigenvalue weighted by atomic mass is 9.75. The number of piperidine rings is 1. The van der Waals surface area contributed by atoms with Gasteiger partial charge in [0.1, 0.15) is 0 Å². The Morgan fingerprint density at radius 3 is 2.68 bits per heavy atom. The van der Waals surface area contributed by atoms with Gasteiger partial charge in [0.25, 0.3) is 0 Å². The SMILES string of the molecule is CN1c2ccc(-c3cncc(Cl)c3N3CCC4(CC3)C(=O)NCC4O)cc2CS1(=O)=O. The maximum absolute atomic E-state index is 12.4. The molecule has 0 aliphatic carbocycles. The number of fused-ring (bicyclic) bond motifs is 1. The van der Waals surface area contributed by atoms with Crippen molar-refractivity contribution in [1.82, 2.24) is 10.3 Å². The Hall–Kier alpha value is -2.36. The number of halogens is 1. The van der Waals surface area contributed by atoms with Gasteiger partial charge in [-0.3, -0.25) is 14.1 Å². The van der Waals surface area contributed by atoms with E-state index in [1.807, 2.05) is 18.2 Å². The minimum Gasteiger partial charge on any atom is -0.390 e. The topological polar surface area (TPSA) is 103 Å². The first kappa shape index (κ1) is 20.5. The number of pyridine rings is 1. The molecule has 0 bridgehead atoms. The van der Waals surface area contributed by atoms with Crippen molar-refractivity contribution in [3.05, 3.63) is 41.2 Å². The molecule has 4 heterocycles. The van der Waals surface area contributed by atoms with Gasteiger partial charge in [0.2, 0.25) is 15.9 Å². The van der Waals surface area contributed by atoms with E-state index in [1.54, 1.807) is 19.4 Å². The smallest absolute Gasteiger partial charge is 0.239 e. The van der Waals surface area contributed by atoms with Crippen molar-refractivity contribution in [2.24, 2.45) is 5.41 Å². The van der Waals surface area contributed by atoms with Gasteiger partial charge in [-0.2, -0.15) is 0 Å². The molecule has 5 rings (SSSR count). The summed E-state index contributed by atoms with van der Waals surface area (Å²) in [7, 11) is -1.77. The van der Waals surface area contributed by atoms with Crippen LogP contribution in [0.1, 0.15) is 18.4 Å². The minimum absolute atomic E-state index is 0.0325. The van der Waals surface area contributed by atoms with Gasteiger partial charge in [-0.05, 0) is 36.1 Å². The van der Waals surface area contributed by atoms with E-state index >= 15 is 0 Å². The molecule has 1 atom stereocenters. The molecule has 1 amide bonds. The first-order chi connectivity index (χ1) is 14.7. The Kier molecular flexibility index (Phi) is 4.69. The predicted molar refractivity (Wildman–Crippen MR) is 119 cm³/mol. The highest BCUT2D eigenvalue weighted by Gasteiger charge is 2.51. The molecule has 1 spiro atoms. The Balaban J connectivity index is 1.49. The van der Waals surface area contributed by atoms with E-state index in [4.69, 9.17) is 11.6 Å². The molecule has 31 heavy (non-hydrogen) atoms. The van der Waals surface area contributed by atoms with Crippen LogP contribution in [0.15, 0.2) is 30.6 Å². The van der Waals surface area contributed by atoms with E-state index in [0.29, 0.717) is 43.2 Å². The molecule has 2 saturated heterocycles. The predicted octanol–water partition coefficient (Wildman–Crippen LogP) is 1.76. The second kappa shape index (κ2) is 7.08. The quantitative estimate of drug-likeness (QED) is 0.705. The Morgan fingerprint density at radius 2 is 2.00 bits per heavy atom. The van der Waals surface area contributed by atoms with Gasteiger partial charge < -0.3 is 15.3 Å². The summed E-state index contributed by atoms with van der Waals surface area (Å²) in [6.07, 6.45) is 3.71. The fourth-order valence-electron chi connectivity index (χ4n) is 4.98. The lowest BCUT2D eigenvalue weighted by molar-refractivity contribution is -0.132. The number of nitrogens with zero attached hydrogens (tertiary/aromatic N) is 3. The molecule has 1 aromatic carbocycles. The third-order valence-electron chi connectivity index (χ3n) is 6.88. The summed E-state index contributed by atoms with van der Waals surface area (Å²) >= 11 is 6.57. The zero-order valence-corrected chi connectivity index (χ0v) is 18.6. The van der Waals surface area contributed by atoms with Crippen molar-refractivity contribution in [3.8, 4) is 11.1 Å². The van der Waals surface area contributed by atoms with Crippen LogP contribution in [0.2, 0.25) is 5.02 Å². The highest BCUT2D eigenvalue weighted by molar-refractivity contribution is 7.92. The summed E-state index contributed by atoms with van der Waals surface area (Å²) < 4.78 is 25.8. The van der Waals surface area contributed by atoms with E-state index < -0.39 is 21.5 Å². The molecule has 8 nitrogen and oxygen atoms in total. The molecule has 3 aliphatic rings. The molecule has 2 aromatic rings. The molecular formula is C21H23ClN4O4S. The number of aliphatic hydroxyl groups is 1. The molecule has 1 aromatic heterocycles. The number of aliphatic hydroxyl groups excluding tert-OH is 1. The van der Waals surface area contributed by atoms with Crippen LogP contribution in [0.25, 0.3) is 11.1 Å². The third-order valence-corrected chi connectivity index (χ3v) is 8.86. The average molecular weight is 463 g/mol. The fourth-order valence-corrected chi connectivity index (χ4v) is 6.55. The van der Waals surface area contributed by atoms with Crippen LogP contribution in [0.5, 0.6) is 0 Å². The van der Waals surface area contributed by atoms with Crippen molar-refractivity contribution in [1.29, 1.82) is 0 Å². The van der Waals surface area contributed by atoms with Crippen LogP contribution in [-0.4, -0.2) is 57.2 Å². The van der Waals surface area contributed by atoms with Crippen molar-refractivity contribution in [3.63, 3.8) is 0 Å². The summed E-state index contributed by atoms with van der Waals surface area (Å²) in [6.45, 7) is 1.44. The number of sulfonamides is 1. The van der Waals surface area contributed by atoms with Crippen molar-refractivity contribution in [2.75, 3.05) is 35.9 Å². The van der Waals surface area contributed by atoms with Crippen LogP contribution < -0.4 is 14.5 Å². The number of carbonyl (C=O) groups excluding carboxylic acids is 1. The fraction of sp³-hybridized carbons (Fsp3) is 0.429. The molecule has 0 saturated carbocycles. The first-order valence-corrected chi connectivity index (χ1v) is 12.2. The second-order valence-electron chi connectivity index (χ2n) is 8.45. The molecule has 0 radical (unpaired) electrons. The number of hydrogen-bond donors (Lipinski definition) is 2. The molecule has 164 valence electrons. The molecule has 2 fully saturated rings. The highest BCUT2D eigenvalue weighted by Crippen LogP contribution is 2.44. The summed E-state index contributed by atoms with van der Waals surface area (Å²) in [5.41, 5.74) is 3.16. The summed E-state index contributed by atoms with van der Waals surface area (Å²) in [5, 5.41) is 13.6. The lowest BCUT2D eigenvalue weighted by Gasteiger charge is -2.41. The number of anilines is 2. The van der Waals surface area contributed by atoms with Gasteiger partial charge in [-0.1, -0.05) is 17.7 Å². The monoisotopic (exact) mass is 462 g/mol. The third kappa shape index (κ3) is 3.09. The van der Waals surface area contributed by atoms with Crippen LogP contribution in [0.4, 0.5) is 11.4 Å². The van der Waals surface area contributed by atoms with Gasteiger partial charge in [0.15, 0.2) is 0 Å². The van der Waals surface area contributed by atoms with Gasteiger partial charge in [0, 0.05) is 44.6 Å². The van der Waals surface area contributed by atoms with Crippen molar-refractivity contribution in [2.45, 2.75) is 24.7 Å². The first-order valence-electron chi connectivity index (χ1n) is 10.2. The van der Waals surface area contributed by atoms with E-state index in [9.17, 15) is 18.3 Å². The molecule has 3 aliphatic heterocycles. The zero-order valence-electron chi connectivity index (χ0n) is 17.0. The van der Waals surface area contributed by atoms with Crippen molar-refractivity contribution >= 4 is 38.9 Å². The summed E-state index contributed by atoms with van der Waals surface area (Å²) in [6, 6.07) is 5.57. The lowest BCUT2D eigenvalue weighted by Crippen LogP contribution is -2.48. The molecule has 2 N–H and O–H groups in total. The maximum atomic E-state index is 12.4. The largest absolute Gasteiger partial charge is 0.390 e. The van der Waals surface area contributed by atoms with E-state index in [0.717, 1.165) is 22.4 Å². The number of aromatic nitrogens is 1. The van der Waals surface area contributed by atoms with Gasteiger partial charge in [-0.15, -0.1) is 0 Å². The zero-order chi connectivity index (χ0) is 22.0. The number of rotatable bonds is 2. The Labute approximate surface area is 185 Å². The average Bonchev–Trinajstić information content (AvgIpc) is 3.15.